The van der Waals surface area contributed by atoms with Crippen LogP contribution in [0.4, 0.5) is 8.78 Å². The lowest BCUT2D eigenvalue weighted by molar-refractivity contribution is 0.493. The SMILES string of the molecule is Fc1cccc(F)c1C1CCNC1c1ccccc1. The molecule has 1 aliphatic heterocycles. The molecular formula is C16H15F2N. The van der Waals surface area contributed by atoms with Gasteiger partial charge in [0.15, 0.2) is 0 Å². The van der Waals surface area contributed by atoms with E-state index in [0.717, 1.165) is 18.5 Å². The quantitative estimate of drug-likeness (QED) is 0.865. The molecule has 3 heteroatoms. The predicted molar refractivity (Wildman–Crippen MR) is 70.9 cm³/mol. The van der Waals surface area contributed by atoms with Crippen molar-refractivity contribution in [2.75, 3.05) is 6.54 Å². The minimum atomic E-state index is -0.449. The van der Waals surface area contributed by atoms with Crippen LogP contribution in [0.3, 0.4) is 0 Å². The second kappa shape index (κ2) is 5.10. The number of nitrogens with one attached hydrogen (secondary N) is 1. The van der Waals surface area contributed by atoms with Crippen LogP contribution in [-0.4, -0.2) is 6.54 Å². The fourth-order valence-corrected chi connectivity index (χ4v) is 2.89. The second-order valence-electron chi connectivity index (χ2n) is 4.87. The highest BCUT2D eigenvalue weighted by molar-refractivity contribution is 5.31. The zero-order chi connectivity index (χ0) is 13.2. The summed E-state index contributed by atoms with van der Waals surface area (Å²) in [5.41, 5.74) is 1.29. The Morgan fingerprint density at radius 2 is 1.58 bits per heavy atom. The third kappa shape index (κ3) is 2.26. The van der Waals surface area contributed by atoms with Crippen molar-refractivity contribution in [2.45, 2.75) is 18.4 Å². The molecular weight excluding hydrogens is 244 g/mol. The molecule has 2 atom stereocenters. The fourth-order valence-electron chi connectivity index (χ4n) is 2.89. The van der Waals surface area contributed by atoms with E-state index in [9.17, 15) is 8.78 Å². The van der Waals surface area contributed by atoms with Gasteiger partial charge < -0.3 is 5.32 Å². The Kier molecular flexibility index (Phi) is 3.30. The maximum atomic E-state index is 13.9. The Bertz CT molecular complexity index is 548. The molecule has 0 radical (unpaired) electrons. The number of benzene rings is 2. The molecule has 2 unspecified atom stereocenters. The first-order valence-electron chi connectivity index (χ1n) is 6.49. The third-order valence-corrected chi connectivity index (χ3v) is 3.75. The van der Waals surface area contributed by atoms with E-state index in [2.05, 4.69) is 5.32 Å². The monoisotopic (exact) mass is 259 g/mol. The molecule has 0 amide bonds. The molecule has 1 nitrogen and oxygen atoms in total. The summed E-state index contributed by atoms with van der Waals surface area (Å²) in [6.45, 7) is 0.776. The second-order valence-corrected chi connectivity index (χ2v) is 4.87. The topological polar surface area (TPSA) is 12.0 Å². The van der Waals surface area contributed by atoms with Gasteiger partial charge in [-0.1, -0.05) is 36.4 Å². The van der Waals surface area contributed by atoms with Crippen molar-refractivity contribution in [1.82, 2.24) is 5.32 Å². The molecule has 1 heterocycles. The van der Waals surface area contributed by atoms with Crippen LogP contribution >= 0.6 is 0 Å². The highest BCUT2D eigenvalue weighted by Gasteiger charge is 2.33. The lowest BCUT2D eigenvalue weighted by atomic mass is 9.87. The lowest BCUT2D eigenvalue weighted by Crippen LogP contribution is -2.18. The van der Waals surface area contributed by atoms with Crippen molar-refractivity contribution in [3.63, 3.8) is 0 Å². The van der Waals surface area contributed by atoms with Gasteiger partial charge in [0.05, 0.1) is 0 Å². The molecule has 0 aliphatic carbocycles. The molecule has 2 aromatic rings. The van der Waals surface area contributed by atoms with E-state index in [-0.39, 0.29) is 17.5 Å². The van der Waals surface area contributed by atoms with Gasteiger partial charge in [0.2, 0.25) is 0 Å². The largest absolute Gasteiger partial charge is 0.309 e. The Morgan fingerprint density at radius 3 is 2.26 bits per heavy atom. The molecule has 0 saturated carbocycles. The molecule has 0 spiro atoms. The van der Waals surface area contributed by atoms with Gasteiger partial charge in [-0.15, -0.1) is 0 Å². The number of rotatable bonds is 2. The Hall–Kier alpha value is -1.74. The summed E-state index contributed by atoms with van der Waals surface area (Å²) in [7, 11) is 0. The standard InChI is InChI=1S/C16H15F2N/c17-13-7-4-8-14(18)15(13)12-9-10-19-16(12)11-5-2-1-3-6-11/h1-8,12,16,19H,9-10H2. The van der Waals surface area contributed by atoms with E-state index in [1.807, 2.05) is 30.3 Å². The zero-order valence-electron chi connectivity index (χ0n) is 10.4. The van der Waals surface area contributed by atoms with Crippen LogP contribution in [0, 0.1) is 11.6 Å². The molecule has 1 saturated heterocycles. The van der Waals surface area contributed by atoms with Gasteiger partial charge >= 0.3 is 0 Å². The Labute approximate surface area is 111 Å². The third-order valence-electron chi connectivity index (χ3n) is 3.75. The molecule has 0 bridgehead atoms. The summed E-state index contributed by atoms with van der Waals surface area (Å²) in [6.07, 6.45) is 0.747. The van der Waals surface area contributed by atoms with Crippen LogP contribution in [0.25, 0.3) is 0 Å². The van der Waals surface area contributed by atoms with Gasteiger partial charge in [-0.05, 0) is 30.7 Å². The van der Waals surface area contributed by atoms with Crippen molar-refractivity contribution in [3.05, 3.63) is 71.3 Å². The summed E-state index contributed by atoms with van der Waals surface area (Å²) in [5.74, 6) is -1.05. The van der Waals surface area contributed by atoms with E-state index in [1.165, 1.54) is 18.2 Å². The Balaban J connectivity index is 2.00. The van der Waals surface area contributed by atoms with Crippen LogP contribution in [-0.2, 0) is 0 Å². The average molecular weight is 259 g/mol. The lowest BCUT2D eigenvalue weighted by Gasteiger charge is -2.21. The van der Waals surface area contributed by atoms with Gasteiger partial charge in [-0.25, -0.2) is 8.78 Å². The van der Waals surface area contributed by atoms with Crippen LogP contribution in [0.1, 0.15) is 29.5 Å². The maximum absolute atomic E-state index is 13.9. The van der Waals surface area contributed by atoms with Gasteiger partial charge in [0, 0.05) is 17.5 Å². The van der Waals surface area contributed by atoms with Crippen LogP contribution in [0.15, 0.2) is 48.5 Å². The van der Waals surface area contributed by atoms with Crippen molar-refractivity contribution in [1.29, 1.82) is 0 Å². The maximum Gasteiger partial charge on any atom is 0.129 e. The summed E-state index contributed by atoms with van der Waals surface area (Å²) < 4.78 is 27.8. The minimum Gasteiger partial charge on any atom is -0.309 e. The fraction of sp³-hybridized carbons (Fsp3) is 0.250. The first-order chi connectivity index (χ1) is 9.27. The smallest absolute Gasteiger partial charge is 0.129 e. The van der Waals surface area contributed by atoms with Crippen LogP contribution in [0.2, 0.25) is 0 Å². The number of halogens is 2. The molecule has 1 aliphatic rings. The van der Waals surface area contributed by atoms with Gasteiger partial charge in [0.25, 0.3) is 0 Å². The van der Waals surface area contributed by atoms with Gasteiger partial charge in [0.1, 0.15) is 11.6 Å². The molecule has 1 N–H and O–H groups in total. The van der Waals surface area contributed by atoms with Crippen LogP contribution in [0.5, 0.6) is 0 Å². The summed E-state index contributed by atoms with van der Waals surface area (Å²) in [5, 5.41) is 3.34. The molecule has 19 heavy (non-hydrogen) atoms. The summed E-state index contributed by atoms with van der Waals surface area (Å²) >= 11 is 0. The van der Waals surface area contributed by atoms with Crippen molar-refractivity contribution in [2.24, 2.45) is 0 Å². The van der Waals surface area contributed by atoms with Crippen LogP contribution < -0.4 is 5.32 Å². The van der Waals surface area contributed by atoms with E-state index >= 15 is 0 Å². The molecule has 2 aromatic carbocycles. The average Bonchev–Trinajstić information content (AvgIpc) is 2.89. The van der Waals surface area contributed by atoms with Gasteiger partial charge in [-0.2, -0.15) is 0 Å². The van der Waals surface area contributed by atoms with Crippen molar-refractivity contribution >= 4 is 0 Å². The van der Waals surface area contributed by atoms with E-state index < -0.39 is 11.6 Å². The minimum absolute atomic E-state index is 0.0207. The van der Waals surface area contributed by atoms with Gasteiger partial charge in [-0.3, -0.25) is 0 Å². The van der Waals surface area contributed by atoms with E-state index in [1.54, 1.807) is 0 Å². The van der Waals surface area contributed by atoms with E-state index in [4.69, 9.17) is 0 Å². The van der Waals surface area contributed by atoms with Crippen molar-refractivity contribution < 1.29 is 8.78 Å². The first kappa shape index (κ1) is 12.3. The molecule has 1 fully saturated rings. The zero-order valence-corrected chi connectivity index (χ0v) is 10.4. The predicted octanol–water partition coefficient (Wildman–Crippen LogP) is 3.78. The Morgan fingerprint density at radius 1 is 0.895 bits per heavy atom. The highest BCUT2D eigenvalue weighted by Crippen LogP contribution is 2.39. The number of hydrogen-bond donors (Lipinski definition) is 1. The first-order valence-corrected chi connectivity index (χ1v) is 6.49. The molecule has 98 valence electrons. The normalized spacial score (nSPS) is 22.6. The summed E-state index contributed by atoms with van der Waals surface area (Å²) in [6, 6.07) is 13.9. The highest BCUT2D eigenvalue weighted by atomic mass is 19.1. The van der Waals surface area contributed by atoms with Crippen molar-refractivity contribution in [3.8, 4) is 0 Å². The molecule has 0 aromatic heterocycles. The van der Waals surface area contributed by atoms with E-state index in [0.29, 0.717) is 0 Å². The summed E-state index contributed by atoms with van der Waals surface area (Å²) in [4.78, 5) is 0. The number of hydrogen-bond acceptors (Lipinski definition) is 1. The molecule has 3 rings (SSSR count).